The SMILES string of the molecule is COC[C@](C)(NC(=O)COc1ccccc1F)C(N)=O. The molecule has 7 heteroatoms. The van der Waals surface area contributed by atoms with Crippen molar-refractivity contribution in [2.45, 2.75) is 12.5 Å². The number of halogens is 1. The van der Waals surface area contributed by atoms with Gasteiger partial charge in [-0.1, -0.05) is 12.1 Å². The second kappa shape index (κ2) is 6.85. The fourth-order valence-electron chi connectivity index (χ4n) is 1.51. The predicted molar refractivity (Wildman–Crippen MR) is 69.5 cm³/mol. The Balaban J connectivity index is 2.59. The largest absolute Gasteiger partial charge is 0.481 e. The van der Waals surface area contributed by atoms with E-state index in [-0.39, 0.29) is 12.4 Å². The van der Waals surface area contributed by atoms with E-state index >= 15 is 0 Å². The van der Waals surface area contributed by atoms with Crippen LogP contribution in [0.2, 0.25) is 0 Å². The number of hydrogen-bond acceptors (Lipinski definition) is 4. The number of carbonyl (C=O) groups is 2. The Labute approximate surface area is 116 Å². The van der Waals surface area contributed by atoms with Crippen molar-refractivity contribution in [2.75, 3.05) is 20.3 Å². The fraction of sp³-hybridized carbons (Fsp3) is 0.385. The highest BCUT2D eigenvalue weighted by atomic mass is 19.1. The van der Waals surface area contributed by atoms with Crippen molar-refractivity contribution in [3.05, 3.63) is 30.1 Å². The van der Waals surface area contributed by atoms with Crippen LogP contribution in [0.1, 0.15) is 6.92 Å². The van der Waals surface area contributed by atoms with Crippen molar-refractivity contribution < 1.29 is 23.5 Å². The molecule has 0 fully saturated rings. The van der Waals surface area contributed by atoms with E-state index in [1.807, 2.05) is 0 Å². The van der Waals surface area contributed by atoms with Crippen molar-refractivity contribution in [3.63, 3.8) is 0 Å². The maximum absolute atomic E-state index is 13.3. The Kier molecular flexibility index (Phi) is 5.45. The first kappa shape index (κ1) is 15.9. The van der Waals surface area contributed by atoms with Gasteiger partial charge >= 0.3 is 0 Å². The lowest BCUT2D eigenvalue weighted by atomic mass is 10.0. The molecule has 110 valence electrons. The molecule has 0 saturated carbocycles. The number of nitrogens with two attached hydrogens (primary N) is 1. The highest BCUT2D eigenvalue weighted by Crippen LogP contribution is 2.15. The Morgan fingerprint density at radius 1 is 1.40 bits per heavy atom. The zero-order chi connectivity index (χ0) is 15.2. The molecular weight excluding hydrogens is 267 g/mol. The molecule has 0 heterocycles. The van der Waals surface area contributed by atoms with Gasteiger partial charge in [0.1, 0.15) is 5.54 Å². The number of amides is 2. The van der Waals surface area contributed by atoms with Crippen LogP contribution in [0.15, 0.2) is 24.3 Å². The van der Waals surface area contributed by atoms with E-state index in [2.05, 4.69) is 5.32 Å². The maximum Gasteiger partial charge on any atom is 0.258 e. The topological polar surface area (TPSA) is 90.7 Å². The minimum atomic E-state index is -1.34. The molecule has 3 N–H and O–H groups in total. The number of para-hydroxylation sites is 1. The Bertz CT molecular complexity index is 495. The lowest BCUT2D eigenvalue weighted by Crippen LogP contribution is -2.59. The van der Waals surface area contributed by atoms with Gasteiger partial charge in [0.15, 0.2) is 18.2 Å². The minimum absolute atomic E-state index is 0.0461. The third-order valence-electron chi connectivity index (χ3n) is 2.59. The molecule has 1 aromatic rings. The highest BCUT2D eigenvalue weighted by molar-refractivity contribution is 5.90. The van der Waals surface area contributed by atoms with Gasteiger partial charge in [-0.05, 0) is 19.1 Å². The summed E-state index contributed by atoms with van der Waals surface area (Å²) in [6, 6.07) is 5.69. The Morgan fingerprint density at radius 3 is 2.60 bits per heavy atom. The van der Waals surface area contributed by atoms with Gasteiger partial charge in [-0.15, -0.1) is 0 Å². The van der Waals surface area contributed by atoms with Crippen molar-refractivity contribution >= 4 is 11.8 Å². The van der Waals surface area contributed by atoms with Crippen LogP contribution in [0.4, 0.5) is 4.39 Å². The second-order valence-corrected chi connectivity index (χ2v) is 4.40. The smallest absolute Gasteiger partial charge is 0.258 e. The molecule has 20 heavy (non-hydrogen) atoms. The third kappa shape index (κ3) is 4.20. The zero-order valence-corrected chi connectivity index (χ0v) is 11.3. The number of hydrogen-bond donors (Lipinski definition) is 2. The number of methoxy groups -OCH3 is 1. The van der Waals surface area contributed by atoms with Gasteiger partial charge in [0.2, 0.25) is 5.91 Å². The van der Waals surface area contributed by atoms with Crippen molar-refractivity contribution in [2.24, 2.45) is 5.73 Å². The van der Waals surface area contributed by atoms with Crippen LogP contribution in [0.5, 0.6) is 5.75 Å². The van der Waals surface area contributed by atoms with Gasteiger partial charge in [0, 0.05) is 7.11 Å². The van der Waals surface area contributed by atoms with Crippen LogP contribution >= 0.6 is 0 Å². The molecule has 2 amide bonds. The molecule has 0 aliphatic heterocycles. The monoisotopic (exact) mass is 284 g/mol. The molecule has 0 saturated heterocycles. The van der Waals surface area contributed by atoms with Crippen LogP contribution in [-0.2, 0) is 14.3 Å². The normalized spacial score (nSPS) is 13.3. The van der Waals surface area contributed by atoms with E-state index in [4.69, 9.17) is 15.2 Å². The van der Waals surface area contributed by atoms with Crippen molar-refractivity contribution in [3.8, 4) is 5.75 Å². The summed E-state index contributed by atoms with van der Waals surface area (Å²) in [5, 5.41) is 2.40. The van der Waals surface area contributed by atoms with Gasteiger partial charge < -0.3 is 20.5 Å². The summed E-state index contributed by atoms with van der Waals surface area (Å²) in [7, 11) is 1.38. The van der Waals surface area contributed by atoms with Gasteiger partial charge in [-0.2, -0.15) is 0 Å². The summed E-state index contributed by atoms with van der Waals surface area (Å²) >= 11 is 0. The number of carbonyl (C=O) groups excluding carboxylic acids is 2. The summed E-state index contributed by atoms with van der Waals surface area (Å²) in [6.45, 7) is 0.918. The van der Waals surface area contributed by atoms with E-state index in [1.165, 1.54) is 32.2 Å². The van der Waals surface area contributed by atoms with E-state index < -0.39 is 29.8 Å². The molecule has 0 spiro atoms. The summed E-state index contributed by atoms with van der Waals surface area (Å²) in [4.78, 5) is 23.0. The summed E-state index contributed by atoms with van der Waals surface area (Å²) in [5.41, 5.74) is 3.86. The van der Waals surface area contributed by atoms with Gasteiger partial charge in [0.25, 0.3) is 5.91 Å². The molecule has 6 nitrogen and oxygen atoms in total. The lowest BCUT2D eigenvalue weighted by molar-refractivity contribution is -0.134. The van der Waals surface area contributed by atoms with Crippen LogP contribution in [0, 0.1) is 5.82 Å². The number of primary amides is 1. The van der Waals surface area contributed by atoms with Crippen LogP contribution in [-0.4, -0.2) is 37.7 Å². The van der Waals surface area contributed by atoms with E-state index in [0.29, 0.717) is 0 Å². The van der Waals surface area contributed by atoms with E-state index in [1.54, 1.807) is 6.07 Å². The average Bonchev–Trinajstić information content (AvgIpc) is 2.38. The molecule has 0 aliphatic carbocycles. The third-order valence-corrected chi connectivity index (χ3v) is 2.59. The number of benzene rings is 1. The number of ether oxygens (including phenoxy) is 2. The molecule has 0 aliphatic rings. The first-order valence-corrected chi connectivity index (χ1v) is 5.86. The van der Waals surface area contributed by atoms with E-state index in [0.717, 1.165) is 0 Å². The van der Waals surface area contributed by atoms with Gasteiger partial charge in [0.05, 0.1) is 6.61 Å². The lowest BCUT2D eigenvalue weighted by Gasteiger charge is -2.26. The number of nitrogens with one attached hydrogen (secondary N) is 1. The second-order valence-electron chi connectivity index (χ2n) is 4.40. The standard InChI is InChI=1S/C13H17FN2O4/c1-13(8-19-2,12(15)18)16-11(17)7-20-10-6-4-3-5-9(10)14/h3-6H,7-8H2,1-2H3,(H2,15,18)(H,16,17)/t13-/m0/s1. The first-order valence-electron chi connectivity index (χ1n) is 5.86. The molecule has 1 atom stereocenters. The van der Waals surface area contributed by atoms with Crippen LogP contribution < -0.4 is 15.8 Å². The maximum atomic E-state index is 13.3. The first-order chi connectivity index (χ1) is 9.39. The molecule has 0 radical (unpaired) electrons. The summed E-state index contributed by atoms with van der Waals surface area (Å²) in [5.74, 6) is -1.96. The summed E-state index contributed by atoms with van der Waals surface area (Å²) < 4.78 is 23.1. The average molecular weight is 284 g/mol. The molecule has 1 aromatic carbocycles. The van der Waals surface area contributed by atoms with E-state index in [9.17, 15) is 14.0 Å². The molecule has 1 rings (SSSR count). The Hall–Kier alpha value is -2.15. The molecular formula is C13H17FN2O4. The number of rotatable bonds is 7. The van der Waals surface area contributed by atoms with Crippen LogP contribution in [0.25, 0.3) is 0 Å². The zero-order valence-electron chi connectivity index (χ0n) is 11.3. The molecule has 0 unspecified atom stereocenters. The van der Waals surface area contributed by atoms with Gasteiger partial charge in [-0.3, -0.25) is 9.59 Å². The summed E-state index contributed by atoms with van der Waals surface area (Å²) in [6.07, 6.45) is 0. The van der Waals surface area contributed by atoms with Crippen molar-refractivity contribution in [1.29, 1.82) is 0 Å². The molecule has 0 bridgehead atoms. The quantitative estimate of drug-likeness (QED) is 0.749. The molecule has 0 aromatic heterocycles. The van der Waals surface area contributed by atoms with Crippen molar-refractivity contribution in [1.82, 2.24) is 5.32 Å². The predicted octanol–water partition coefficient (Wildman–Crippen LogP) is 0.211. The highest BCUT2D eigenvalue weighted by Gasteiger charge is 2.33. The fourth-order valence-corrected chi connectivity index (χ4v) is 1.51. The Morgan fingerprint density at radius 2 is 2.05 bits per heavy atom. The minimum Gasteiger partial charge on any atom is -0.481 e. The van der Waals surface area contributed by atoms with Crippen LogP contribution in [0.3, 0.4) is 0 Å². The van der Waals surface area contributed by atoms with Gasteiger partial charge in [-0.25, -0.2) is 4.39 Å².